The molecule has 0 nitrogen and oxygen atoms in total. The minimum atomic E-state index is 0.897. The zero-order valence-electron chi connectivity index (χ0n) is 7.11. The number of halogens is 2. The van der Waals surface area contributed by atoms with E-state index in [0.29, 0.717) is 0 Å². The van der Waals surface area contributed by atoms with Crippen molar-refractivity contribution in [3.8, 4) is 0 Å². The lowest BCUT2D eigenvalue weighted by molar-refractivity contribution is 1.11. The summed E-state index contributed by atoms with van der Waals surface area (Å²) in [6.45, 7) is 2.13. The highest BCUT2D eigenvalue weighted by molar-refractivity contribution is 9.09. The van der Waals surface area contributed by atoms with Crippen LogP contribution in [0.25, 0.3) is 0 Å². The first-order valence-electron chi connectivity index (χ1n) is 4.11. The maximum Gasteiger partial charge on any atom is 0.0441 e. The van der Waals surface area contributed by atoms with Gasteiger partial charge >= 0.3 is 0 Å². The molecule has 0 radical (unpaired) electrons. The highest BCUT2D eigenvalue weighted by Gasteiger charge is 1.99. The summed E-state index contributed by atoms with van der Waals surface area (Å²) in [7, 11) is 0. The van der Waals surface area contributed by atoms with E-state index in [9.17, 15) is 0 Å². The van der Waals surface area contributed by atoms with Gasteiger partial charge in [-0.15, -0.1) is 0 Å². The molecule has 0 aliphatic carbocycles. The molecule has 0 N–H and O–H groups in total. The molecule has 0 fully saturated rings. The normalized spacial score (nSPS) is 10.2. The van der Waals surface area contributed by atoms with Gasteiger partial charge in [0.15, 0.2) is 0 Å². The Balaban J connectivity index is 2.87. The van der Waals surface area contributed by atoms with Crippen molar-refractivity contribution in [1.82, 2.24) is 0 Å². The molecule has 0 spiro atoms. The average Bonchev–Trinajstić information content (AvgIpc) is 2.09. The first-order valence-corrected chi connectivity index (χ1v) is 5.61. The number of hydrogen-bond acceptors (Lipinski definition) is 0. The van der Waals surface area contributed by atoms with Crippen molar-refractivity contribution in [3.05, 3.63) is 34.3 Å². The second-order valence-electron chi connectivity index (χ2n) is 2.72. The van der Waals surface area contributed by atoms with Crippen molar-refractivity contribution >= 4 is 27.5 Å². The molecule has 1 aromatic rings. The molecule has 66 valence electrons. The lowest BCUT2D eigenvalue weighted by Crippen LogP contribution is -1.89. The Morgan fingerprint density at radius 1 is 1.42 bits per heavy atom. The average molecular weight is 248 g/mol. The zero-order chi connectivity index (χ0) is 8.97. The first kappa shape index (κ1) is 10.1. The molecule has 2 heteroatoms. The van der Waals surface area contributed by atoms with E-state index in [1.165, 1.54) is 11.1 Å². The van der Waals surface area contributed by atoms with E-state index in [-0.39, 0.29) is 0 Å². The predicted octanol–water partition coefficient (Wildman–Crippen LogP) is 3.84. The Morgan fingerprint density at radius 3 is 2.67 bits per heavy atom. The second kappa shape index (κ2) is 4.88. The van der Waals surface area contributed by atoms with Crippen LogP contribution in [0, 0.1) is 0 Å². The summed E-state index contributed by atoms with van der Waals surface area (Å²) in [5.74, 6) is 0. The molecule has 1 aromatic carbocycles. The molecule has 0 atom stereocenters. The van der Waals surface area contributed by atoms with E-state index in [2.05, 4.69) is 41.1 Å². The second-order valence-corrected chi connectivity index (χ2v) is 3.92. The standard InChI is InChI=1S/C10H12BrCl/c1-2-8-3-4-9(5-6-11)10(12)7-8/h3-4,7H,2,5-6H2,1H3. The molecule has 0 unspecified atom stereocenters. The van der Waals surface area contributed by atoms with Gasteiger partial charge in [-0.25, -0.2) is 0 Å². The number of alkyl halides is 1. The van der Waals surface area contributed by atoms with Crippen LogP contribution < -0.4 is 0 Å². The summed E-state index contributed by atoms with van der Waals surface area (Å²) in [6.07, 6.45) is 2.05. The van der Waals surface area contributed by atoms with Crippen molar-refractivity contribution in [2.45, 2.75) is 19.8 Å². The van der Waals surface area contributed by atoms with Gasteiger partial charge in [-0.1, -0.05) is 46.6 Å². The third kappa shape index (κ3) is 2.49. The fourth-order valence-corrected chi connectivity index (χ4v) is 1.84. The van der Waals surface area contributed by atoms with Gasteiger partial charge in [-0.05, 0) is 30.0 Å². The third-order valence-electron chi connectivity index (χ3n) is 1.89. The van der Waals surface area contributed by atoms with Gasteiger partial charge in [0.1, 0.15) is 0 Å². The smallest absolute Gasteiger partial charge is 0.0441 e. The molecule has 0 aliphatic heterocycles. The Labute approximate surface area is 87.1 Å². The largest absolute Gasteiger partial charge is 0.0924 e. The molecule has 0 amide bonds. The number of aryl methyl sites for hydroxylation is 2. The SMILES string of the molecule is CCc1ccc(CCBr)c(Cl)c1. The predicted molar refractivity (Wildman–Crippen MR) is 58.3 cm³/mol. The minimum absolute atomic E-state index is 0.897. The molecule has 0 aromatic heterocycles. The monoisotopic (exact) mass is 246 g/mol. The highest BCUT2D eigenvalue weighted by Crippen LogP contribution is 2.19. The number of benzene rings is 1. The summed E-state index contributed by atoms with van der Waals surface area (Å²) in [5.41, 5.74) is 2.53. The van der Waals surface area contributed by atoms with Crippen LogP contribution in [0.5, 0.6) is 0 Å². The van der Waals surface area contributed by atoms with Crippen molar-refractivity contribution in [3.63, 3.8) is 0 Å². The molecule has 0 saturated heterocycles. The van der Waals surface area contributed by atoms with E-state index in [1.807, 2.05) is 0 Å². The molecular weight excluding hydrogens is 235 g/mol. The zero-order valence-corrected chi connectivity index (χ0v) is 9.45. The van der Waals surface area contributed by atoms with E-state index < -0.39 is 0 Å². The molecule has 0 aliphatic rings. The van der Waals surface area contributed by atoms with Crippen LogP contribution in [0.1, 0.15) is 18.1 Å². The Bertz CT molecular complexity index is 258. The van der Waals surface area contributed by atoms with Crippen molar-refractivity contribution in [1.29, 1.82) is 0 Å². The summed E-state index contributed by atoms with van der Waals surface area (Å²) in [5, 5.41) is 1.87. The van der Waals surface area contributed by atoms with Gasteiger partial charge in [-0.2, -0.15) is 0 Å². The van der Waals surface area contributed by atoms with Crippen LogP contribution in [-0.2, 0) is 12.8 Å². The van der Waals surface area contributed by atoms with Gasteiger partial charge in [-0.3, -0.25) is 0 Å². The summed E-state index contributed by atoms with van der Waals surface area (Å²) < 4.78 is 0. The number of rotatable bonds is 3. The Kier molecular flexibility index (Phi) is 4.10. The quantitative estimate of drug-likeness (QED) is 0.712. The van der Waals surface area contributed by atoms with Gasteiger partial charge in [0.2, 0.25) is 0 Å². The summed E-state index contributed by atoms with van der Waals surface area (Å²) in [4.78, 5) is 0. The topological polar surface area (TPSA) is 0 Å². The van der Waals surface area contributed by atoms with Crippen molar-refractivity contribution in [2.75, 3.05) is 5.33 Å². The van der Waals surface area contributed by atoms with Crippen LogP contribution in [0.3, 0.4) is 0 Å². The lowest BCUT2D eigenvalue weighted by Gasteiger charge is -2.03. The highest BCUT2D eigenvalue weighted by atomic mass is 79.9. The fraction of sp³-hybridized carbons (Fsp3) is 0.400. The lowest BCUT2D eigenvalue weighted by atomic mass is 10.1. The molecule has 0 heterocycles. The molecule has 12 heavy (non-hydrogen) atoms. The van der Waals surface area contributed by atoms with Gasteiger partial charge in [0.05, 0.1) is 0 Å². The third-order valence-corrected chi connectivity index (χ3v) is 2.64. The van der Waals surface area contributed by atoms with E-state index in [4.69, 9.17) is 11.6 Å². The molecule has 1 rings (SSSR count). The van der Waals surface area contributed by atoms with Crippen molar-refractivity contribution in [2.24, 2.45) is 0 Å². The van der Waals surface area contributed by atoms with Crippen LogP contribution in [0.4, 0.5) is 0 Å². The summed E-state index contributed by atoms with van der Waals surface area (Å²) in [6, 6.07) is 6.31. The van der Waals surface area contributed by atoms with Gasteiger partial charge in [0.25, 0.3) is 0 Å². The molecular formula is C10H12BrCl. The fourth-order valence-electron chi connectivity index (χ4n) is 1.12. The maximum atomic E-state index is 6.07. The minimum Gasteiger partial charge on any atom is -0.0924 e. The van der Waals surface area contributed by atoms with E-state index in [0.717, 1.165) is 23.2 Å². The van der Waals surface area contributed by atoms with Crippen molar-refractivity contribution < 1.29 is 0 Å². The van der Waals surface area contributed by atoms with E-state index >= 15 is 0 Å². The van der Waals surface area contributed by atoms with Gasteiger partial charge < -0.3 is 0 Å². The maximum absolute atomic E-state index is 6.07. The summed E-state index contributed by atoms with van der Waals surface area (Å²) >= 11 is 9.46. The van der Waals surface area contributed by atoms with Crippen LogP contribution in [-0.4, -0.2) is 5.33 Å². The van der Waals surface area contributed by atoms with E-state index in [1.54, 1.807) is 0 Å². The Hall–Kier alpha value is -0.0100. The van der Waals surface area contributed by atoms with Crippen LogP contribution in [0.15, 0.2) is 18.2 Å². The molecule has 0 bridgehead atoms. The first-order chi connectivity index (χ1) is 5.77. The van der Waals surface area contributed by atoms with Crippen LogP contribution in [0.2, 0.25) is 5.02 Å². The van der Waals surface area contributed by atoms with Crippen LogP contribution >= 0.6 is 27.5 Å². The molecule has 0 saturated carbocycles. The number of hydrogen-bond donors (Lipinski definition) is 0. The van der Waals surface area contributed by atoms with Gasteiger partial charge in [0, 0.05) is 10.4 Å². The Morgan fingerprint density at radius 2 is 2.17 bits per heavy atom.